The van der Waals surface area contributed by atoms with E-state index in [1.807, 2.05) is 6.92 Å². The van der Waals surface area contributed by atoms with Crippen molar-refractivity contribution in [2.45, 2.75) is 32.5 Å². The molecule has 0 fully saturated rings. The van der Waals surface area contributed by atoms with Gasteiger partial charge in [-0.15, -0.1) is 0 Å². The first-order valence-electron chi connectivity index (χ1n) is 3.71. The molecule has 0 spiro atoms. The van der Waals surface area contributed by atoms with Gasteiger partial charge in [-0.05, 0) is 12.8 Å². The molecule has 0 saturated carbocycles. The summed E-state index contributed by atoms with van der Waals surface area (Å²) in [6, 6.07) is 0. The molecular weight excluding hydrogens is 132 g/mol. The van der Waals surface area contributed by atoms with Gasteiger partial charge in [0, 0.05) is 19.6 Å². The quantitative estimate of drug-likeness (QED) is 0.539. The van der Waals surface area contributed by atoms with Crippen molar-refractivity contribution in [3.8, 4) is 0 Å². The van der Waals surface area contributed by atoms with Crippen LogP contribution in [0.2, 0.25) is 0 Å². The van der Waals surface area contributed by atoms with E-state index in [0.29, 0.717) is 19.4 Å². The molecule has 62 valence electrons. The van der Waals surface area contributed by atoms with Crippen molar-refractivity contribution in [3.05, 3.63) is 0 Å². The van der Waals surface area contributed by atoms with E-state index in [1.165, 1.54) is 0 Å². The summed E-state index contributed by atoms with van der Waals surface area (Å²) in [6.07, 6.45) is 1.35. The van der Waals surface area contributed by atoms with E-state index in [-0.39, 0.29) is 6.61 Å². The number of ether oxygens (including phenoxy) is 1. The second kappa shape index (κ2) is 6.99. The largest absolute Gasteiger partial charge is 0.396 e. The first-order chi connectivity index (χ1) is 4.81. The molecular formula is C7H16O3. The van der Waals surface area contributed by atoms with Crippen molar-refractivity contribution in [2.75, 3.05) is 13.2 Å². The van der Waals surface area contributed by atoms with Crippen LogP contribution in [0.3, 0.4) is 0 Å². The Morgan fingerprint density at radius 1 is 1.50 bits per heavy atom. The molecule has 0 aromatic heterocycles. The van der Waals surface area contributed by atoms with Crippen molar-refractivity contribution in [3.63, 3.8) is 0 Å². The molecule has 0 aromatic rings. The zero-order chi connectivity index (χ0) is 7.82. The van der Waals surface area contributed by atoms with Gasteiger partial charge < -0.3 is 14.9 Å². The third kappa shape index (κ3) is 6.01. The van der Waals surface area contributed by atoms with Gasteiger partial charge in [-0.3, -0.25) is 0 Å². The predicted molar refractivity (Wildman–Crippen MR) is 38.6 cm³/mol. The highest BCUT2D eigenvalue weighted by Crippen LogP contribution is 1.98. The molecule has 0 bridgehead atoms. The molecule has 3 heteroatoms. The fourth-order valence-electron chi connectivity index (χ4n) is 0.603. The lowest BCUT2D eigenvalue weighted by molar-refractivity contribution is -0.105. The maximum Gasteiger partial charge on any atom is 0.154 e. The average molecular weight is 148 g/mol. The van der Waals surface area contributed by atoms with Crippen molar-refractivity contribution in [1.82, 2.24) is 0 Å². The molecule has 10 heavy (non-hydrogen) atoms. The van der Waals surface area contributed by atoms with E-state index in [4.69, 9.17) is 14.9 Å². The van der Waals surface area contributed by atoms with Gasteiger partial charge in [0.05, 0.1) is 0 Å². The fraction of sp³-hybridized carbons (Fsp3) is 1.00. The van der Waals surface area contributed by atoms with E-state index >= 15 is 0 Å². The standard InChI is InChI=1S/C7H16O3/c1-2-6-10-7(9)4-3-5-8/h7-9H,2-6H2,1H3. The molecule has 0 amide bonds. The Bertz CT molecular complexity index is 57.9. The summed E-state index contributed by atoms with van der Waals surface area (Å²) in [7, 11) is 0. The summed E-state index contributed by atoms with van der Waals surface area (Å²) < 4.78 is 4.94. The summed E-state index contributed by atoms with van der Waals surface area (Å²) >= 11 is 0. The monoisotopic (exact) mass is 148 g/mol. The second-order valence-corrected chi connectivity index (χ2v) is 2.19. The number of hydrogen-bond donors (Lipinski definition) is 2. The SMILES string of the molecule is CCCOC(O)CCCO. The normalized spacial score (nSPS) is 13.5. The van der Waals surface area contributed by atoms with E-state index < -0.39 is 6.29 Å². The third-order valence-electron chi connectivity index (χ3n) is 1.12. The van der Waals surface area contributed by atoms with Crippen LogP contribution in [-0.2, 0) is 4.74 Å². The number of rotatable bonds is 6. The van der Waals surface area contributed by atoms with Gasteiger partial charge in [-0.1, -0.05) is 6.92 Å². The molecule has 3 nitrogen and oxygen atoms in total. The molecule has 0 aromatic carbocycles. The van der Waals surface area contributed by atoms with Crippen molar-refractivity contribution in [2.24, 2.45) is 0 Å². The molecule has 0 aliphatic heterocycles. The van der Waals surface area contributed by atoms with Crippen LogP contribution < -0.4 is 0 Å². The van der Waals surface area contributed by atoms with Gasteiger partial charge in [0.25, 0.3) is 0 Å². The smallest absolute Gasteiger partial charge is 0.154 e. The van der Waals surface area contributed by atoms with Gasteiger partial charge in [0.1, 0.15) is 0 Å². The van der Waals surface area contributed by atoms with Crippen LogP contribution in [0, 0.1) is 0 Å². The Morgan fingerprint density at radius 3 is 2.70 bits per heavy atom. The van der Waals surface area contributed by atoms with Crippen LogP contribution in [0.5, 0.6) is 0 Å². The summed E-state index contributed by atoms with van der Waals surface area (Å²) in [5.41, 5.74) is 0. The molecule has 0 aliphatic rings. The van der Waals surface area contributed by atoms with Gasteiger partial charge >= 0.3 is 0 Å². The topological polar surface area (TPSA) is 49.7 Å². The van der Waals surface area contributed by atoms with E-state index in [2.05, 4.69) is 0 Å². The first-order valence-corrected chi connectivity index (χ1v) is 3.71. The van der Waals surface area contributed by atoms with E-state index in [0.717, 1.165) is 6.42 Å². The summed E-state index contributed by atoms with van der Waals surface area (Å²) in [4.78, 5) is 0. The Kier molecular flexibility index (Phi) is 6.91. The maximum absolute atomic E-state index is 8.98. The summed E-state index contributed by atoms with van der Waals surface area (Å²) in [5, 5.41) is 17.4. The minimum Gasteiger partial charge on any atom is -0.396 e. The van der Waals surface area contributed by atoms with E-state index in [1.54, 1.807) is 0 Å². The Balaban J connectivity index is 3.00. The van der Waals surface area contributed by atoms with Crippen LogP contribution in [0.4, 0.5) is 0 Å². The minimum absolute atomic E-state index is 0.118. The molecule has 2 N–H and O–H groups in total. The van der Waals surface area contributed by atoms with Crippen LogP contribution in [0.15, 0.2) is 0 Å². The van der Waals surface area contributed by atoms with Gasteiger partial charge in [0.2, 0.25) is 0 Å². The molecule has 0 radical (unpaired) electrons. The summed E-state index contributed by atoms with van der Waals surface area (Å²) in [6.45, 7) is 2.69. The van der Waals surface area contributed by atoms with Gasteiger partial charge in [0.15, 0.2) is 6.29 Å². The van der Waals surface area contributed by atoms with Crippen LogP contribution in [0.1, 0.15) is 26.2 Å². The van der Waals surface area contributed by atoms with Crippen molar-refractivity contribution >= 4 is 0 Å². The molecule has 1 atom stereocenters. The van der Waals surface area contributed by atoms with Crippen molar-refractivity contribution in [1.29, 1.82) is 0 Å². The highest BCUT2D eigenvalue weighted by atomic mass is 16.6. The third-order valence-corrected chi connectivity index (χ3v) is 1.12. The minimum atomic E-state index is -0.688. The highest BCUT2D eigenvalue weighted by molar-refractivity contribution is 4.41. The second-order valence-electron chi connectivity index (χ2n) is 2.19. The lowest BCUT2D eigenvalue weighted by atomic mass is 10.3. The predicted octanol–water partition coefficient (Wildman–Crippen LogP) is 0.504. The highest BCUT2D eigenvalue weighted by Gasteiger charge is 2.00. The Morgan fingerprint density at radius 2 is 2.20 bits per heavy atom. The summed E-state index contributed by atoms with van der Waals surface area (Å²) in [5.74, 6) is 0. The van der Waals surface area contributed by atoms with Gasteiger partial charge in [-0.2, -0.15) is 0 Å². The number of hydrogen-bond acceptors (Lipinski definition) is 3. The Hall–Kier alpha value is -0.120. The maximum atomic E-state index is 8.98. The van der Waals surface area contributed by atoms with Crippen molar-refractivity contribution < 1.29 is 14.9 Å². The zero-order valence-electron chi connectivity index (χ0n) is 6.42. The fourth-order valence-corrected chi connectivity index (χ4v) is 0.603. The molecule has 0 saturated heterocycles. The Labute approximate surface area is 61.6 Å². The molecule has 0 rings (SSSR count). The lowest BCUT2D eigenvalue weighted by Gasteiger charge is -2.09. The number of aliphatic hydroxyl groups is 2. The van der Waals surface area contributed by atoms with Crippen LogP contribution in [0.25, 0.3) is 0 Å². The lowest BCUT2D eigenvalue weighted by Crippen LogP contribution is -2.12. The van der Waals surface area contributed by atoms with Crippen LogP contribution in [-0.4, -0.2) is 29.7 Å². The molecule has 0 heterocycles. The average Bonchev–Trinajstić information content (AvgIpc) is 1.97. The number of aliphatic hydroxyl groups excluding tert-OH is 2. The first kappa shape index (κ1) is 9.88. The van der Waals surface area contributed by atoms with Crippen LogP contribution >= 0.6 is 0 Å². The van der Waals surface area contributed by atoms with Gasteiger partial charge in [-0.25, -0.2) is 0 Å². The molecule has 0 aliphatic carbocycles. The zero-order valence-corrected chi connectivity index (χ0v) is 6.42. The molecule has 1 unspecified atom stereocenters. The van der Waals surface area contributed by atoms with E-state index in [9.17, 15) is 0 Å².